The van der Waals surface area contributed by atoms with Crippen molar-refractivity contribution in [3.05, 3.63) is 83.4 Å². The normalized spacial score (nSPS) is 24.5. The van der Waals surface area contributed by atoms with Crippen molar-refractivity contribution in [2.75, 3.05) is 0 Å². The van der Waals surface area contributed by atoms with Gasteiger partial charge in [-0.1, -0.05) is 68.6 Å². The molecule has 192 valence electrons. The lowest BCUT2D eigenvalue weighted by molar-refractivity contribution is -0.137. The smallest absolute Gasteiger partial charge is 0.166 e. The second-order valence-electron chi connectivity index (χ2n) is 11.0. The fraction of sp³-hybridized carbons (Fsp3) is 0.515. The molecule has 0 bridgehead atoms. The van der Waals surface area contributed by atoms with Gasteiger partial charge < -0.3 is 0 Å². The summed E-state index contributed by atoms with van der Waals surface area (Å²) >= 11 is 0. The predicted molar refractivity (Wildman–Crippen MR) is 143 cm³/mol. The van der Waals surface area contributed by atoms with Crippen LogP contribution in [0.4, 0.5) is 13.2 Å². The van der Waals surface area contributed by atoms with Crippen molar-refractivity contribution < 1.29 is 13.2 Å². The maximum atomic E-state index is 12.7. The van der Waals surface area contributed by atoms with Gasteiger partial charge in [0.25, 0.3) is 0 Å². The van der Waals surface area contributed by atoms with Crippen LogP contribution in [0.15, 0.2) is 61.2 Å². The summed E-state index contributed by atoms with van der Waals surface area (Å²) in [6.07, 6.45) is 14.1. The molecule has 0 heterocycles. The van der Waals surface area contributed by atoms with E-state index >= 15 is 0 Å². The van der Waals surface area contributed by atoms with Crippen LogP contribution in [-0.4, -0.2) is 0 Å². The van der Waals surface area contributed by atoms with Crippen molar-refractivity contribution in [2.24, 2.45) is 17.8 Å². The predicted octanol–water partition coefficient (Wildman–Crippen LogP) is 9.93. The third kappa shape index (κ3) is 7.76. The summed E-state index contributed by atoms with van der Waals surface area (Å²) in [5, 5.41) is 0. The van der Waals surface area contributed by atoms with E-state index in [-0.39, 0.29) is 0 Å². The van der Waals surface area contributed by atoms with E-state index in [1.54, 1.807) is 0 Å². The van der Waals surface area contributed by atoms with Crippen molar-refractivity contribution >= 4 is 0 Å². The average molecular weight is 493 g/mol. The van der Waals surface area contributed by atoms with Crippen LogP contribution >= 0.6 is 0 Å². The molecule has 0 radical (unpaired) electrons. The van der Waals surface area contributed by atoms with E-state index in [4.69, 9.17) is 0 Å². The number of alkyl halides is 3. The third-order valence-electron chi connectivity index (χ3n) is 8.52. The zero-order chi connectivity index (χ0) is 25.4. The Hall–Kier alpha value is -2.47. The number of benzene rings is 2. The average Bonchev–Trinajstić information content (AvgIpc) is 2.90. The SMILES string of the molecule is C=CCC[C@H]1CC[C@H](CC[C@H]2CC[C@H](c3ccc(C#Cc4ccc(C(F)(F)F)cc4)cc3)CC2)CC1. The van der Waals surface area contributed by atoms with Gasteiger partial charge in [0.05, 0.1) is 5.56 Å². The van der Waals surface area contributed by atoms with Crippen LogP contribution in [0.3, 0.4) is 0 Å². The molecule has 0 aliphatic heterocycles. The van der Waals surface area contributed by atoms with Gasteiger partial charge in [-0.15, -0.1) is 6.58 Å². The van der Waals surface area contributed by atoms with Gasteiger partial charge in [-0.3, -0.25) is 0 Å². The first-order valence-electron chi connectivity index (χ1n) is 13.8. The Labute approximate surface area is 215 Å². The first-order valence-corrected chi connectivity index (χ1v) is 13.8. The van der Waals surface area contributed by atoms with Gasteiger partial charge in [0.15, 0.2) is 0 Å². The Kier molecular flexibility index (Phi) is 9.35. The molecule has 0 saturated heterocycles. The Morgan fingerprint density at radius 2 is 1.11 bits per heavy atom. The van der Waals surface area contributed by atoms with E-state index in [0.29, 0.717) is 11.5 Å². The number of hydrogen-bond donors (Lipinski definition) is 0. The van der Waals surface area contributed by atoms with E-state index in [1.165, 1.54) is 94.7 Å². The molecule has 0 nitrogen and oxygen atoms in total. The van der Waals surface area contributed by atoms with Gasteiger partial charge in [-0.25, -0.2) is 0 Å². The molecule has 36 heavy (non-hydrogen) atoms. The highest BCUT2D eigenvalue weighted by Gasteiger charge is 2.30. The second kappa shape index (κ2) is 12.7. The Bertz CT molecular complexity index is 1000. The monoisotopic (exact) mass is 492 g/mol. The number of rotatable bonds is 7. The van der Waals surface area contributed by atoms with E-state index in [9.17, 15) is 13.2 Å². The summed E-state index contributed by atoms with van der Waals surface area (Å²) in [7, 11) is 0. The minimum atomic E-state index is -4.31. The molecular weight excluding hydrogens is 453 g/mol. The summed E-state index contributed by atoms with van der Waals surface area (Å²) in [5.41, 5.74) is 2.23. The highest BCUT2D eigenvalue weighted by atomic mass is 19.4. The molecule has 2 aromatic rings. The quantitative estimate of drug-likeness (QED) is 0.266. The molecule has 3 heteroatoms. The summed E-state index contributed by atoms with van der Waals surface area (Å²) in [6.45, 7) is 3.86. The largest absolute Gasteiger partial charge is 0.416 e. The molecule has 0 spiro atoms. The lowest BCUT2D eigenvalue weighted by atomic mass is 9.74. The summed E-state index contributed by atoms with van der Waals surface area (Å²) in [6, 6.07) is 13.5. The van der Waals surface area contributed by atoms with Crippen molar-refractivity contribution in [3.63, 3.8) is 0 Å². The number of halogens is 3. The van der Waals surface area contributed by atoms with Crippen LogP contribution in [0.25, 0.3) is 0 Å². The zero-order valence-electron chi connectivity index (χ0n) is 21.3. The molecule has 2 aliphatic rings. The van der Waals surface area contributed by atoms with Gasteiger partial charge in [0.1, 0.15) is 0 Å². The van der Waals surface area contributed by atoms with Crippen LogP contribution in [0, 0.1) is 29.6 Å². The minimum Gasteiger partial charge on any atom is -0.166 e. The van der Waals surface area contributed by atoms with Gasteiger partial charge in [-0.2, -0.15) is 13.2 Å². The maximum absolute atomic E-state index is 12.7. The molecule has 2 aromatic carbocycles. The van der Waals surface area contributed by atoms with Crippen LogP contribution in [0.2, 0.25) is 0 Å². The molecule has 0 amide bonds. The highest BCUT2D eigenvalue weighted by Crippen LogP contribution is 2.40. The van der Waals surface area contributed by atoms with Crippen LogP contribution in [0.5, 0.6) is 0 Å². The van der Waals surface area contributed by atoms with Crippen LogP contribution < -0.4 is 0 Å². The summed E-state index contributed by atoms with van der Waals surface area (Å²) in [5.74, 6) is 9.49. The standard InChI is InChI=1S/C33H39F3/c1-2-3-4-25-5-7-26(8-6-25)9-10-27-13-19-30(20-14-27)31-21-15-28(16-22-31)11-12-29-17-23-32(24-18-29)33(34,35)36/h2,15-18,21-27,30H,1,3-10,13-14,19-20H2/t25-,26-,27-,30-. The Morgan fingerprint density at radius 3 is 1.58 bits per heavy atom. The Balaban J connectivity index is 1.19. The maximum Gasteiger partial charge on any atom is 0.416 e. The molecule has 0 aromatic heterocycles. The topological polar surface area (TPSA) is 0 Å². The fourth-order valence-electron chi connectivity index (χ4n) is 6.14. The van der Waals surface area contributed by atoms with Gasteiger partial charge in [-0.05, 0) is 104 Å². The molecule has 4 rings (SSSR count). The van der Waals surface area contributed by atoms with Crippen LogP contribution in [-0.2, 0) is 6.18 Å². The summed E-state index contributed by atoms with van der Waals surface area (Å²) in [4.78, 5) is 0. The van der Waals surface area contributed by atoms with E-state index in [2.05, 4.69) is 36.6 Å². The summed E-state index contributed by atoms with van der Waals surface area (Å²) < 4.78 is 38.1. The van der Waals surface area contributed by atoms with Crippen LogP contribution in [0.1, 0.15) is 105 Å². The number of allylic oxidation sites excluding steroid dienone is 1. The molecule has 0 N–H and O–H groups in total. The van der Waals surface area contributed by atoms with Crippen molar-refractivity contribution in [1.82, 2.24) is 0 Å². The minimum absolute atomic E-state index is 0.589. The molecule has 2 aliphatic carbocycles. The van der Waals surface area contributed by atoms with Crippen molar-refractivity contribution in [2.45, 2.75) is 89.1 Å². The van der Waals surface area contributed by atoms with E-state index in [0.717, 1.165) is 35.4 Å². The van der Waals surface area contributed by atoms with Gasteiger partial charge >= 0.3 is 6.18 Å². The lowest BCUT2D eigenvalue weighted by Gasteiger charge is -2.32. The molecular formula is C33H39F3. The lowest BCUT2D eigenvalue weighted by Crippen LogP contribution is -2.17. The fourth-order valence-corrected chi connectivity index (χ4v) is 6.14. The Morgan fingerprint density at radius 1 is 0.667 bits per heavy atom. The molecule has 2 saturated carbocycles. The second-order valence-corrected chi connectivity index (χ2v) is 11.0. The first kappa shape index (κ1) is 26.6. The van der Waals surface area contributed by atoms with Crippen molar-refractivity contribution in [3.8, 4) is 11.8 Å². The highest BCUT2D eigenvalue weighted by molar-refractivity contribution is 5.44. The zero-order valence-corrected chi connectivity index (χ0v) is 21.3. The third-order valence-corrected chi connectivity index (χ3v) is 8.52. The number of hydrogen-bond acceptors (Lipinski definition) is 0. The van der Waals surface area contributed by atoms with Crippen molar-refractivity contribution in [1.29, 1.82) is 0 Å². The van der Waals surface area contributed by atoms with Gasteiger partial charge in [0.2, 0.25) is 0 Å². The van der Waals surface area contributed by atoms with Gasteiger partial charge in [0, 0.05) is 11.1 Å². The molecule has 2 fully saturated rings. The van der Waals surface area contributed by atoms with E-state index in [1.807, 2.05) is 12.1 Å². The van der Waals surface area contributed by atoms with E-state index < -0.39 is 11.7 Å². The molecule has 0 atom stereocenters. The molecule has 0 unspecified atom stereocenters. The first-order chi connectivity index (χ1) is 17.4.